The molecule has 0 aliphatic carbocycles. The van der Waals surface area contributed by atoms with Crippen LogP contribution in [-0.2, 0) is 6.54 Å². The van der Waals surface area contributed by atoms with Crippen LogP contribution in [0, 0.1) is 0 Å². The number of carbonyl (C=O) groups is 1. The van der Waals surface area contributed by atoms with E-state index in [0.29, 0.717) is 13.1 Å². The third-order valence-electron chi connectivity index (χ3n) is 2.04. The monoisotopic (exact) mass is 204 g/mol. The van der Waals surface area contributed by atoms with Crippen molar-refractivity contribution < 1.29 is 4.79 Å². The lowest BCUT2D eigenvalue weighted by molar-refractivity contribution is 0.212. The second-order valence-electron chi connectivity index (χ2n) is 3.31. The van der Waals surface area contributed by atoms with Gasteiger partial charge < -0.3 is 10.2 Å². The van der Waals surface area contributed by atoms with E-state index >= 15 is 0 Å². The molecule has 0 saturated heterocycles. The minimum Gasteiger partial charge on any atom is -0.334 e. The van der Waals surface area contributed by atoms with Gasteiger partial charge >= 0.3 is 6.03 Å². The van der Waals surface area contributed by atoms with Crippen LogP contribution in [0.2, 0.25) is 0 Å². The average molecular weight is 204 g/mol. The second kappa shape index (κ2) is 5.86. The van der Waals surface area contributed by atoms with Gasteiger partial charge in [0.25, 0.3) is 0 Å². The van der Waals surface area contributed by atoms with Crippen molar-refractivity contribution >= 4 is 6.03 Å². The van der Waals surface area contributed by atoms with Crippen LogP contribution in [0.1, 0.15) is 5.56 Å². The summed E-state index contributed by atoms with van der Waals surface area (Å²) in [5, 5.41) is 2.82. The molecule has 0 heterocycles. The van der Waals surface area contributed by atoms with Crippen LogP contribution >= 0.6 is 0 Å². The lowest BCUT2D eigenvalue weighted by Crippen LogP contribution is -2.36. The van der Waals surface area contributed by atoms with E-state index in [0.717, 1.165) is 5.56 Å². The number of benzene rings is 1. The van der Waals surface area contributed by atoms with E-state index < -0.39 is 0 Å². The maximum absolute atomic E-state index is 11.5. The Hall–Kier alpha value is -1.77. The van der Waals surface area contributed by atoms with Crippen LogP contribution in [0.15, 0.2) is 43.0 Å². The smallest absolute Gasteiger partial charge is 0.317 e. The van der Waals surface area contributed by atoms with Crippen LogP contribution in [0.5, 0.6) is 0 Å². The summed E-state index contributed by atoms with van der Waals surface area (Å²) in [4.78, 5) is 13.1. The highest BCUT2D eigenvalue weighted by Crippen LogP contribution is 1.97. The van der Waals surface area contributed by atoms with E-state index in [1.165, 1.54) is 0 Å². The Bertz CT molecular complexity index is 322. The molecule has 1 N–H and O–H groups in total. The minimum absolute atomic E-state index is 0.0845. The molecule has 0 aliphatic heterocycles. The summed E-state index contributed by atoms with van der Waals surface area (Å²) < 4.78 is 0. The number of carbonyl (C=O) groups excluding carboxylic acids is 1. The number of likely N-dealkylation sites (N-methyl/N-ethyl adjacent to an activating group) is 1. The molecule has 1 aromatic carbocycles. The van der Waals surface area contributed by atoms with Crippen molar-refractivity contribution in [2.75, 3.05) is 13.6 Å². The lowest BCUT2D eigenvalue weighted by Gasteiger charge is -2.15. The molecule has 0 unspecified atom stereocenters. The van der Waals surface area contributed by atoms with Gasteiger partial charge in [-0.15, -0.1) is 6.58 Å². The first kappa shape index (κ1) is 11.3. The fourth-order valence-electron chi connectivity index (χ4n) is 1.19. The molecule has 1 rings (SSSR count). The summed E-state index contributed by atoms with van der Waals surface area (Å²) in [5.74, 6) is 0. The normalized spacial score (nSPS) is 9.40. The maximum atomic E-state index is 11.5. The summed E-state index contributed by atoms with van der Waals surface area (Å²) >= 11 is 0. The zero-order chi connectivity index (χ0) is 11.1. The SMILES string of the molecule is C=CCN(C)C(=O)NCc1ccccc1. The molecule has 0 saturated carbocycles. The molecule has 0 bridgehead atoms. The van der Waals surface area contributed by atoms with Gasteiger partial charge in [-0.25, -0.2) is 4.79 Å². The molecule has 1 aromatic rings. The number of hydrogen-bond acceptors (Lipinski definition) is 1. The molecule has 2 amide bonds. The predicted molar refractivity (Wildman–Crippen MR) is 61.5 cm³/mol. The Balaban J connectivity index is 2.37. The van der Waals surface area contributed by atoms with Crippen LogP contribution < -0.4 is 5.32 Å². The van der Waals surface area contributed by atoms with Gasteiger partial charge in [0.15, 0.2) is 0 Å². The molecular formula is C12H16N2O. The molecule has 3 nitrogen and oxygen atoms in total. The van der Waals surface area contributed by atoms with Crippen molar-refractivity contribution in [3.05, 3.63) is 48.6 Å². The van der Waals surface area contributed by atoms with Crippen molar-refractivity contribution in [2.24, 2.45) is 0 Å². The third kappa shape index (κ3) is 3.85. The molecular weight excluding hydrogens is 188 g/mol. The first-order valence-corrected chi connectivity index (χ1v) is 4.88. The molecule has 0 aliphatic rings. The Kier molecular flexibility index (Phi) is 4.41. The molecule has 0 atom stereocenters. The number of amides is 2. The van der Waals surface area contributed by atoms with Crippen LogP contribution in [0.3, 0.4) is 0 Å². The molecule has 0 spiro atoms. The number of hydrogen-bond donors (Lipinski definition) is 1. The second-order valence-corrected chi connectivity index (χ2v) is 3.31. The van der Waals surface area contributed by atoms with Crippen molar-refractivity contribution in [1.29, 1.82) is 0 Å². The van der Waals surface area contributed by atoms with Gasteiger partial charge in [0.2, 0.25) is 0 Å². The van der Waals surface area contributed by atoms with Gasteiger partial charge in [0.05, 0.1) is 0 Å². The third-order valence-corrected chi connectivity index (χ3v) is 2.04. The summed E-state index contributed by atoms with van der Waals surface area (Å²) in [7, 11) is 1.74. The number of nitrogens with one attached hydrogen (secondary N) is 1. The fourth-order valence-corrected chi connectivity index (χ4v) is 1.19. The van der Waals surface area contributed by atoms with E-state index in [-0.39, 0.29) is 6.03 Å². The quantitative estimate of drug-likeness (QED) is 0.748. The molecule has 0 aromatic heterocycles. The molecule has 3 heteroatoms. The molecule has 80 valence electrons. The number of nitrogens with zero attached hydrogens (tertiary/aromatic N) is 1. The van der Waals surface area contributed by atoms with E-state index in [9.17, 15) is 4.79 Å². The highest BCUT2D eigenvalue weighted by Gasteiger charge is 2.04. The minimum atomic E-state index is -0.0845. The first-order valence-electron chi connectivity index (χ1n) is 4.88. The number of urea groups is 1. The van der Waals surface area contributed by atoms with Gasteiger partial charge in [-0.3, -0.25) is 0 Å². The van der Waals surface area contributed by atoms with Crippen LogP contribution in [0.25, 0.3) is 0 Å². The standard InChI is InChI=1S/C12H16N2O/c1-3-9-14(2)12(15)13-10-11-7-5-4-6-8-11/h3-8H,1,9-10H2,2H3,(H,13,15). The van der Waals surface area contributed by atoms with Crippen molar-refractivity contribution in [3.8, 4) is 0 Å². The van der Waals surface area contributed by atoms with Gasteiger partial charge in [-0.05, 0) is 5.56 Å². The largest absolute Gasteiger partial charge is 0.334 e. The van der Waals surface area contributed by atoms with Crippen molar-refractivity contribution in [1.82, 2.24) is 10.2 Å². The first-order chi connectivity index (χ1) is 7.24. The van der Waals surface area contributed by atoms with Crippen LogP contribution in [0.4, 0.5) is 4.79 Å². The summed E-state index contributed by atoms with van der Waals surface area (Å²) in [5.41, 5.74) is 1.10. The van der Waals surface area contributed by atoms with Gasteiger partial charge in [-0.2, -0.15) is 0 Å². The summed E-state index contributed by atoms with van der Waals surface area (Å²) in [6, 6.07) is 9.74. The number of rotatable bonds is 4. The Morgan fingerprint density at radius 2 is 2.13 bits per heavy atom. The average Bonchev–Trinajstić information content (AvgIpc) is 2.27. The molecule has 0 radical (unpaired) electrons. The van der Waals surface area contributed by atoms with E-state index in [1.807, 2.05) is 30.3 Å². The fraction of sp³-hybridized carbons (Fsp3) is 0.250. The Morgan fingerprint density at radius 3 is 2.73 bits per heavy atom. The Morgan fingerprint density at radius 1 is 1.47 bits per heavy atom. The topological polar surface area (TPSA) is 32.3 Å². The van der Waals surface area contributed by atoms with E-state index in [2.05, 4.69) is 11.9 Å². The predicted octanol–water partition coefficient (Wildman–Crippen LogP) is 2.01. The van der Waals surface area contributed by atoms with Crippen molar-refractivity contribution in [3.63, 3.8) is 0 Å². The van der Waals surface area contributed by atoms with Crippen molar-refractivity contribution in [2.45, 2.75) is 6.54 Å². The zero-order valence-electron chi connectivity index (χ0n) is 8.94. The highest BCUT2D eigenvalue weighted by atomic mass is 16.2. The Labute approximate surface area is 90.4 Å². The lowest BCUT2D eigenvalue weighted by atomic mass is 10.2. The van der Waals surface area contributed by atoms with Gasteiger partial charge in [0, 0.05) is 20.1 Å². The summed E-state index contributed by atoms with van der Waals surface area (Å²) in [6.45, 7) is 4.69. The van der Waals surface area contributed by atoms with Crippen LogP contribution in [-0.4, -0.2) is 24.5 Å². The highest BCUT2D eigenvalue weighted by molar-refractivity contribution is 5.73. The van der Waals surface area contributed by atoms with Gasteiger partial charge in [0.1, 0.15) is 0 Å². The maximum Gasteiger partial charge on any atom is 0.317 e. The zero-order valence-corrected chi connectivity index (χ0v) is 8.94. The van der Waals surface area contributed by atoms with E-state index in [1.54, 1.807) is 18.0 Å². The summed E-state index contributed by atoms with van der Waals surface area (Å²) in [6.07, 6.45) is 1.70. The van der Waals surface area contributed by atoms with Gasteiger partial charge in [-0.1, -0.05) is 36.4 Å². The van der Waals surface area contributed by atoms with E-state index in [4.69, 9.17) is 0 Å². The molecule has 0 fully saturated rings. The molecule has 15 heavy (non-hydrogen) atoms.